The van der Waals surface area contributed by atoms with Crippen LogP contribution in [0.4, 0.5) is 0 Å². The van der Waals surface area contributed by atoms with Crippen LogP contribution in [-0.2, 0) is 16.1 Å². The van der Waals surface area contributed by atoms with Gasteiger partial charge in [0.15, 0.2) is 6.61 Å². The maximum atomic E-state index is 12.9. The van der Waals surface area contributed by atoms with E-state index in [-0.39, 0.29) is 18.4 Å². The SMILES string of the molecule is CCNC(=O)C(C)N(Cc1cccc(C)c1)C(=O)COc1ccc(Cl)cc1Cl. The van der Waals surface area contributed by atoms with E-state index in [9.17, 15) is 9.59 Å². The molecular weight excluding hydrogens is 399 g/mol. The second-order valence-electron chi connectivity index (χ2n) is 6.44. The molecule has 1 N–H and O–H groups in total. The minimum atomic E-state index is -0.641. The summed E-state index contributed by atoms with van der Waals surface area (Å²) >= 11 is 12.0. The average Bonchev–Trinajstić information content (AvgIpc) is 2.65. The minimum Gasteiger partial charge on any atom is -0.482 e. The Kier molecular flexibility index (Phi) is 8.15. The molecule has 150 valence electrons. The van der Waals surface area contributed by atoms with E-state index in [1.54, 1.807) is 25.1 Å². The predicted octanol–water partition coefficient (Wildman–Crippen LogP) is 4.23. The van der Waals surface area contributed by atoms with Crippen LogP contribution in [0.15, 0.2) is 42.5 Å². The van der Waals surface area contributed by atoms with Crippen molar-refractivity contribution in [1.82, 2.24) is 10.2 Å². The molecule has 0 aliphatic heterocycles. The fourth-order valence-corrected chi connectivity index (χ4v) is 3.19. The van der Waals surface area contributed by atoms with Crippen molar-refractivity contribution < 1.29 is 14.3 Å². The van der Waals surface area contributed by atoms with E-state index in [1.165, 1.54) is 4.90 Å². The van der Waals surface area contributed by atoms with E-state index in [1.807, 2.05) is 38.1 Å². The molecule has 0 aromatic heterocycles. The molecule has 2 amide bonds. The number of amides is 2. The highest BCUT2D eigenvalue weighted by Gasteiger charge is 2.26. The molecule has 28 heavy (non-hydrogen) atoms. The Morgan fingerprint density at radius 3 is 2.57 bits per heavy atom. The Labute approximate surface area is 175 Å². The van der Waals surface area contributed by atoms with Crippen LogP contribution in [-0.4, -0.2) is 35.9 Å². The van der Waals surface area contributed by atoms with Gasteiger partial charge in [-0.2, -0.15) is 0 Å². The molecule has 0 bridgehead atoms. The maximum Gasteiger partial charge on any atom is 0.261 e. The van der Waals surface area contributed by atoms with Crippen molar-refractivity contribution in [1.29, 1.82) is 0 Å². The van der Waals surface area contributed by atoms with E-state index in [4.69, 9.17) is 27.9 Å². The number of carbonyl (C=O) groups excluding carboxylic acids is 2. The lowest BCUT2D eigenvalue weighted by Crippen LogP contribution is -2.49. The van der Waals surface area contributed by atoms with Gasteiger partial charge in [-0.1, -0.05) is 53.0 Å². The van der Waals surface area contributed by atoms with Crippen LogP contribution in [0.2, 0.25) is 10.0 Å². The van der Waals surface area contributed by atoms with Crippen LogP contribution < -0.4 is 10.1 Å². The van der Waals surface area contributed by atoms with Crippen molar-refractivity contribution in [2.45, 2.75) is 33.4 Å². The fourth-order valence-electron chi connectivity index (χ4n) is 2.73. The molecule has 7 heteroatoms. The molecule has 2 rings (SSSR count). The number of carbonyl (C=O) groups is 2. The third kappa shape index (κ3) is 6.14. The van der Waals surface area contributed by atoms with Gasteiger partial charge >= 0.3 is 0 Å². The van der Waals surface area contributed by atoms with E-state index in [0.717, 1.165) is 11.1 Å². The van der Waals surface area contributed by atoms with E-state index < -0.39 is 6.04 Å². The molecule has 0 spiro atoms. The third-order valence-corrected chi connectivity index (χ3v) is 4.73. The molecule has 0 saturated carbocycles. The molecule has 0 radical (unpaired) electrons. The number of nitrogens with zero attached hydrogens (tertiary/aromatic N) is 1. The number of likely N-dealkylation sites (N-methyl/N-ethyl adjacent to an activating group) is 1. The number of aryl methyl sites for hydroxylation is 1. The second-order valence-corrected chi connectivity index (χ2v) is 7.29. The van der Waals surface area contributed by atoms with Crippen molar-refractivity contribution in [3.05, 3.63) is 63.6 Å². The summed E-state index contributed by atoms with van der Waals surface area (Å²) in [6.07, 6.45) is 0. The average molecular weight is 423 g/mol. The zero-order valence-electron chi connectivity index (χ0n) is 16.2. The lowest BCUT2D eigenvalue weighted by atomic mass is 10.1. The largest absolute Gasteiger partial charge is 0.482 e. The number of benzene rings is 2. The molecule has 5 nitrogen and oxygen atoms in total. The topological polar surface area (TPSA) is 58.6 Å². The predicted molar refractivity (Wildman–Crippen MR) is 112 cm³/mol. The standard InChI is InChI=1S/C21H24Cl2N2O3/c1-4-24-21(27)15(3)25(12-16-7-5-6-14(2)10-16)20(26)13-28-19-9-8-17(22)11-18(19)23/h5-11,15H,4,12-13H2,1-3H3,(H,24,27). The maximum absolute atomic E-state index is 12.9. The van der Waals surface area contributed by atoms with Gasteiger partial charge in [0.05, 0.1) is 5.02 Å². The summed E-state index contributed by atoms with van der Waals surface area (Å²) in [5.74, 6) is -0.167. The van der Waals surface area contributed by atoms with E-state index >= 15 is 0 Å². The Bertz CT molecular complexity index is 842. The quantitative estimate of drug-likeness (QED) is 0.691. The first-order chi connectivity index (χ1) is 13.3. The summed E-state index contributed by atoms with van der Waals surface area (Å²) < 4.78 is 5.57. The van der Waals surface area contributed by atoms with Crippen molar-refractivity contribution >= 4 is 35.0 Å². The second kappa shape index (κ2) is 10.3. The van der Waals surface area contributed by atoms with Crippen molar-refractivity contribution in [2.75, 3.05) is 13.2 Å². The molecule has 0 fully saturated rings. The highest BCUT2D eigenvalue weighted by Crippen LogP contribution is 2.27. The molecule has 1 unspecified atom stereocenters. The van der Waals surface area contributed by atoms with Crippen molar-refractivity contribution in [2.24, 2.45) is 0 Å². The highest BCUT2D eigenvalue weighted by atomic mass is 35.5. The number of nitrogens with one attached hydrogen (secondary N) is 1. The highest BCUT2D eigenvalue weighted by molar-refractivity contribution is 6.35. The summed E-state index contributed by atoms with van der Waals surface area (Å²) in [5.41, 5.74) is 2.02. The van der Waals surface area contributed by atoms with Gasteiger partial charge in [0.25, 0.3) is 5.91 Å². The van der Waals surface area contributed by atoms with Gasteiger partial charge in [-0.15, -0.1) is 0 Å². The Hall–Kier alpha value is -2.24. The lowest BCUT2D eigenvalue weighted by Gasteiger charge is -2.28. The van der Waals surface area contributed by atoms with Gasteiger partial charge in [-0.05, 0) is 44.5 Å². The van der Waals surface area contributed by atoms with Crippen LogP contribution in [0.25, 0.3) is 0 Å². The van der Waals surface area contributed by atoms with Crippen LogP contribution in [0, 0.1) is 6.92 Å². The summed E-state index contributed by atoms with van der Waals surface area (Å²) in [6, 6.07) is 12.0. The van der Waals surface area contributed by atoms with Gasteiger partial charge < -0.3 is 15.0 Å². The zero-order chi connectivity index (χ0) is 20.7. The number of rotatable bonds is 8. The number of halogens is 2. The third-order valence-electron chi connectivity index (χ3n) is 4.20. The smallest absolute Gasteiger partial charge is 0.261 e. The first-order valence-corrected chi connectivity index (χ1v) is 9.78. The molecule has 2 aromatic carbocycles. The molecule has 0 aliphatic rings. The van der Waals surface area contributed by atoms with Gasteiger partial charge in [-0.3, -0.25) is 9.59 Å². The van der Waals surface area contributed by atoms with Crippen LogP contribution in [0.5, 0.6) is 5.75 Å². The van der Waals surface area contributed by atoms with Gasteiger partial charge in [0.2, 0.25) is 5.91 Å². The number of hydrogen-bond acceptors (Lipinski definition) is 3. The number of ether oxygens (including phenoxy) is 1. The van der Waals surface area contributed by atoms with Gasteiger partial charge in [0.1, 0.15) is 11.8 Å². The molecule has 0 heterocycles. The molecular formula is C21H24Cl2N2O3. The van der Waals surface area contributed by atoms with Gasteiger partial charge in [0, 0.05) is 18.1 Å². The lowest BCUT2D eigenvalue weighted by molar-refractivity contribution is -0.142. The Morgan fingerprint density at radius 2 is 1.93 bits per heavy atom. The molecule has 1 atom stereocenters. The summed E-state index contributed by atoms with van der Waals surface area (Å²) in [5, 5.41) is 3.56. The fraction of sp³-hybridized carbons (Fsp3) is 0.333. The monoisotopic (exact) mass is 422 g/mol. The summed E-state index contributed by atoms with van der Waals surface area (Å²) in [6.45, 7) is 6.07. The first kappa shape index (κ1) is 22.1. The van der Waals surface area contributed by atoms with Crippen LogP contribution in [0.1, 0.15) is 25.0 Å². The van der Waals surface area contributed by atoms with Gasteiger partial charge in [-0.25, -0.2) is 0 Å². The normalized spacial score (nSPS) is 11.6. The van der Waals surface area contributed by atoms with E-state index in [2.05, 4.69) is 5.32 Å². The molecule has 0 aliphatic carbocycles. The number of hydrogen-bond donors (Lipinski definition) is 1. The summed E-state index contributed by atoms with van der Waals surface area (Å²) in [7, 11) is 0. The van der Waals surface area contributed by atoms with Crippen LogP contribution >= 0.6 is 23.2 Å². The zero-order valence-corrected chi connectivity index (χ0v) is 17.7. The Morgan fingerprint density at radius 1 is 1.18 bits per heavy atom. The first-order valence-electron chi connectivity index (χ1n) is 9.02. The van der Waals surface area contributed by atoms with Crippen molar-refractivity contribution in [3.63, 3.8) is 0 Å². The van der Waals surface area contributed by atoms with Crippen LogP contribution in [0.3, 0.4) is 0 Å². The minimum absolute atomic E-state index is 0.215. The molecule has 0 saturated heterocycles. The Balaban J connectivity index is 2.16. The molecule has 2 aromatic rings. The van der Waals surface area contributed by atoms with E-state index in [0.29, 0.717) is 28.9 Å². The summed E-state index contributed by atoms with van der Waals surface area (Å²) in [4.78, 5) is 26.7. The van der Waals surface area contributed by atoms with Crippen molar-refractivity contribution in [3.8, 4) is 5.75 Å².